The molecule has 2 aliphatic heterocycles. The third-order valence-electron chi connectivity index (χ3n) is 6.03. The summed E-state index contributed by atoms with van der Waals surface area (Å²) in [6.45, 7) is 1.89. The molecule has 160 valence electrons. The van der Waals surface area contributed by atoms with E-state index >= 15 is 0 Å². The van der Waals surface area contributed by atoms with Crippen molar-refractivity contribution in [1.29, 1.82) is 0 Å². The lowest BCUT2D eigenvalue weighted by molar-refractivity contribution is -0.133. The summed E-state index contributed by atoms with van der Waals surface area (Å²) in [6.07, 6.45) is -0.438. The lowest BCUT2D eigenvalue weighted by Gasteiger charge is -2.34. The maximum atomic E-state index is 13.2. The van der Waals surface area contributed by atoms with E-state index in [9.17, 15) is 18.0 Å². The number of amides is 2. The van der Waals surface area contributed by atoms with Gasteiger partial charge in [-0.25, -0.2) is 9.69 Å². The van der Waals surface area contributed by atoms with E-state index in [1.54, 1.807) is 12.1 Å². The topological polar surface area (TPSA) is 109 Å². The second-order valence-corrected chi connectivity index (χ2v) is 9.73. The highest BCUT2D eigenvalue weighted by atomic mass is 32.2. The number of imide groups is 1. The van der Waals surface area contributed by atoms with Gasteiger partial charge in [-0.1, -0.05) is 53.3 Å². The maximum Gasteiger partial charge on any atom is 0.417 e. The Morgan fingerprint density at radius 1 is 1.13 bits per heavy atom. The molecule has 0 spiro atoms. The minimum atomic E-state index is -3.97. The number of carbonyl (C=O) groups excluding carboxylic acids is 2. The fraction of sp³-hybridized carbons (Fsp3) is 0.333. The van der Waals surface area contributed by atoms with Crippen LogP contribution in [0.4, 0.5) is 4.79 Å². The molecule has 2 bridgehead atoms. The van der Waals surface area contributed by atoms with E-state index in [1.807, 2.05) is 37.3 Å². The first-order valence-corrected chi connectivity index (χ1v) is 11.4. The van der Waals surface area contributed by atoms with Gasteiger partial charge in [-0.15, -0.1) is 0 Å². The molecule has 0 aromatic heterocycles. The fourth-order valence-corrected chi connectivity index (χ4v) is 5.91. The maximum absolute atomic E-state index is 13.2. The first kappa shape index (κ1) is 19.7. The molecule has 9 nitrogen and oxygen atoms in total. The number of hydrogen-bond acceptors (Lipinski definition) is 7. The number of carbonyl (C=O) groups is 2. The predicted molar refractivity (Wildman–Crippen MR) is 108 cm³/mol. The van der Waals surface area contributed by atoms with Gasteiger partial charge in [0.2, 0.25) is 5.91 Å². The summed E-state index contributed by atoms with van der Waals surface area (Å²) in [7, 11) is -3.97. The normalized spacial score (nSPS) is 26.4. The Morgan fingerprint density at radius 2 is 1.84 bits per heavy atom. The molecule has 1 saturated heterocycles. The van der Waals surface area contributed by atoms with E-state index in [0.29, 0.717) is 6.42 Å². The van der Waals surface area contributed by atoms with E-state index in [0.717, 1.165) is 20.4 Å². The van der Waals surface area contributed by atoms with Gasteiger partial charge < -0.3 is 4.74 Å². The predicted octanol–water partition coefficient (Wildman–Crippen LogP) is 2.67. The van der Waals surface area contributed by atoms with Crippen molar-refractivity contribution in [3.05, 3.63) is 65.7 Å². The summed E-state index contributed by atoms with van der Waals surface area (Å²) >= 11 is 0. The summed E-state index contributed by atoms with van der Waals surface area (Å²) < 4.78 is 32.7. The number of benzene rings is 2. The highest BCUT2D eigenvalue weighted by molar-refractivity contribution is 7.89. The van der Waals surface area contributed by atoms with Crippen molar-refractivity contribution in [2.24, 2.45) is 16.3 Å². The highest BCUT2D eigenvalue weighted by Crippen LogP contribution is 2.47. The Kier molecular flexibility index (Phi) is 4.54. The SMILES string of the molecule is Cc1ccc(S(=O)(=O)N2N=N[C@@H]3[C@H]2[C@@H]2C[C@H]3C(=O)N2C(=O)OCc2ccccc2)cc1. The minimum Gasteiger partial charge on any atom is -0.444 e. The summed E-state index contributed by atoms with van der Waals surface area (Å²) in [6, 6.07) is 13.6. The van der Waals surface area contributed by atoms with Crippen LogP contribution in [0, 0.1) is 12.8 Å². The highest BCUT2D eigenvalue weighted by Gasteiger charge is 2.65. The number of rotatable bonds is 4. The standard InChI is InChI=1S/C21H20N4O5S/c1-13-7-9-15(10-8-13)31(28,29)25-19-17-11-16(18(19)22-23-25)20(26)24(17)21(27)30-12-14-5-3-2-4-6-14/h2-10,16-19H,11-12H2,1H3/t16-,17+,18+,19-/m1/s1. The van der Waals surface area contributed by atoms with Crippen LogP contribution in [0.5, 0.6) is 0 Å². The number of fused-ring (bicyclic) bond motifs is 5. The average molecular weight is 440 g/mol. The van der Waals surface area contributed by atoms with E-state index in [1.165, 1.54) is 12.1 Å². The van der Waals surface area contributed by atoms with Crippen LogP contribution in [0.3, 0.4) is 0 Å². The molecule has 2 fully saturated rings. The Morgan fingerprint density at radius 3 is 2.55 bits per heavy atom. The summed E-state index contributed by atoms with van der Waals surface area (Å²) in [5.41, 5.74) is 1.72. The number of ether oxygens (including phenoxy) is 1. The number of aryl methyl sites for hydroxylation is 1. The van der Waals surface area contributed by atoms with Crippen LogP contribution in [-0.4, -0.2) is 47.9 Å². The van der Waals surface area contributed by atoms with Gasteiger partial charge in [-0.2, -0.15) is 17.9 Å². The number of piperidine rings is 1. The zero-order valence-electron chi connectivity index (χ0n) is 16.7. The Balaban J connectivity index is 1.38. The Labute approximate surface area is 179 Å². The molecule has 2 amide bonds. The zero-order valence-corrected chi connectivity index (χ0v) is 17.5. The second-order valence-electron chi connectivity index (χ2n) is 7.93. The second kappa shape index (κ2) is 7.16. The third-order valence-corrected chi connectivity index (χ3v) is 7.71. The van der Waals surface area contributed by atoms with Gasteiger partial charge >= 0.3 is 6.09 Å². The van der Waals surface area contributed by atoms with Crippen molar-refractivity contribution >= 4 is 22.0 Å². The van der Waals surface area contributed by atoms with Crippen LogP contribution >= 0.6 is 0 Å². The molecule has 2 heterocycles. The lowest BCUT2D eigenvalue weighted by atomic mass is 10.00. The van der Waals surface area contributed by atoms with Gasteiger partial charge in [0, 0.05) is 0 Å². The quantitative estimate of drug-likeness (QED) is 0.726. The minimum absolute atomic E-state index is 0.0229. The molecule has 0 N–H and O–H groups in total. The molecule has 31 heavy (non-hydrogen) atoms. The average Bonchev–Trinajstić information content (AvgIpc) is 3.44. The van der Waals surface area contributed by atoms with E-state index in [2.05, 4.69) is 10.3 Å². The van der Waals surface area contributed by atoms with E-state index < -0.39 is 46.1 Å². The van der Waals surface area contributed by atoms with Crippen molar-refractivity contribution < 1.29 is 22.7 Å². The molecule has 2 aromatic carbocycles. The number of sulfonamides is 1. The Bertz CT molecular complexity index is 1170. The number of likely N-dealkylation sites (tertiary alicyclic amines) is 1. The number of hydrogen-bond donors (Lipinski definition) is 0. The van der Waals surface area contributed by atoms with Crippen molar-refractivity contribution in [1.82, 2.24) is 9.31 Å². The van der Waals surface area contributed by atoms with Crippen LogP contribution in [-0.2, 0) is 26.2 Å². The molecular formula is C21H20N4O5S. The molecule has 10 heteroatoms. The van der Waals surface area contributed by atoms with Gasteiger partial charge in [-0.05, 0) is 31.0 Å². The molecule has 1 saturated carbocycles. The van der Waals surface area contributed by atoms with E-state index in [4.69, 9.17) is 4.74 Å². The summed E-state index contributed by atoms with van der Waals surface area (Å²) in [5, 5.41) is 7.97. The van der Waals surface area contributed by atoms with Gasteiger partial charge in [0.05, 0.1) is 16.9 Å². The lowest BCUT2D eigenvalue weighted by Crippen LogP contribution is -2.57. The molecule has 0 radical (unpaired) electrons. The van der Waals surface area contributed by atoms with Crippen LogP contribution in [0.15, 0.2) is 69.8 Å². The molecule has 4 atom stereocenters. The van der Waals surface area contributed by atoms with Crippen LogP contribution < -0.4 is 0 Å². The Hall–Kier alpha value is -3.27. The largest absolute Gasteiger partial charge is 0.444 e. The van der Waals surface area contributed by atoms with Crippen LogP contribution in [0.25, 0.3) is 0 Å². The monoisotopic (exact) mass is 440 g/mol. The van der Waals surface area contributed by atoms with Crippen molar-refractivity contribution in [3.63, 3.8) is 0 Å². The van der Waals surface area contributed by atoms with Crippen LogP contribution in [0.1, 0.15) is 17.5 Å². The van der Waals surface area contributed by atoms with Gasteiger partial charge in [0.15, 0.2) is 0 Å². The molecule has 0 unspecified atom stereocenters. The summed E-state index contributed by atoms with van der Waals surface area (Å²) in [4.78, 5) is 26.6. The summed E-state index contributed by atoms with van der Waals surface area (Å²) in [5.74, 6) is -0.973. The van der Waals surface area contributed by atoms with Crippen molar-refractivity contribution in [2.75, 3.05) is 0 Å². The molecule has 2 aromatic rings. The number of nitrogens with zero attached hydrogens (tertiary/aromatic N) is 4. The van der Waals surface area contributed by atoms with Gasteiger partial charge in [0.1, 0.15) is 18.7 Å². The zero-order chi connectivity index (χ0) is 21.8. The molecule has 5 rings (SSSR count). The van der Waals surface area contributed by atoms with Gasteiger partial charge in [0.25, 0.3) is 10.0 Å². The first-order chi connectivity index (χ1) is 14.9. The van der Waals surface area contributed by atoms with Gasteiger partial charge in [-0.3, -0.25) is 4.79 Å². The van der Waals surface area contributed by atoms with Crippen molar-refractivity contribution in [2.45, 2.75) is 43.0 Å². The molecule has 1 aliphatic carbocycles. The fourth-order valence-electron chi connectivity index (χ4n) is 4.49. The third kappa shape index (κ3) is 3.09. The van der Waals surface area contributed by atoms with E-state index in [-0.39, 0.29) is 11.5 Å². The van der Waals surface area contributed by atoms with Crippen molar-refractivity contribution in [3.8, 4) is 0 Å². The smallest absolute Gasteiger partial charge is 0.417 e. The molecule has 3 aliphatic rings. The van der Waals surface area contributed by atoms with Crippen LogP contribution in [0.2, 0.25) is 0 Å². The molecular weight excluding hydrogens is 420 g/mol. The first-order valence-electron chi connectivity index (χ1n) is 9.93.